The maximum absolute atomic E-state index is 11.6. The van der Waals surface area contributed by atoms with E-state index >= 15 is 0 Å². The number of anilines is 1. The number of fused-ring (bicyclic) bond motifs is 1. The number of benzene rings is 1. The second-order valence-corrected chi connectivity index (χ2v) is 3.78. The summed E-state index contributed by atoms with van der Waals surface area (Å²) < 4.78 is 9.69. The standard InChI is InChI=1S/C12H11NO5/c1-6(14)7-3-4-9-8(5-7)13-11(15)10(18-9)12(16)17-2/h3-5,10H,1-2H3,(H,13,15)/t10-/m1/s1. The van der Waals surface area contributed by atoms with Crippen molar-refractivity contribution in [3.63, 3.8) is 0 Å². The van der Waals surface area contributed by atoms with Gasteiger partial charge in [0.1, 0.15) is 5.75 Å². The summed E-state index contributed by atoms with van der Waals surface area (Å²) in [5, 5.41) is 2.50. The quantitative estimate of drug-likeness (QED) is 0.475. The molecule has 1 aliphatic heterocycles. The van der Waals surface area contributed by atoms with Crippen molar-refractivity contribution in [3.05, 3.63) is 23.8 Å². The Kier molecular flexibility index (Phi) is 3.01. The van der Waals surface area contributed by atoms with Crippen molar-refractivity contribution < 1.29 is 23.9 Å². The summed E-state index contributed by atoms with van der Waals surface area (Å²) in [5.41, 5.74) is 0.821. The van der Waals surface area contributed by atoms with Crippen LogP contribution in [0, 0.1) is 0 Å². The van der Waals surface area contributed by atoms with Crippen LogP contribution < -0.4 is 10.1 Å². The Balaban J connectivity index is 2.33. The number of esters is 1. The summed E-state index contributed by atoms with van der Waals surface area (Å²) in [7, 11) is 1.17. The molecule has 18 heavy (non-hydrogen) atoms. The van der Waals surface area contributed by atoms with Crippen molar-refractivity contribution >= 4 is 23.3 Å². The molecule has 2 rings (SSSR count). The average molecular weight is 249 g/mol. The first-order valence-corrected chi connectivity index (χ1v) is 5.23. The van der Waals surface area contributed by atoms with E-state index in [1.54, 1.807) is 6.07 Å². The van der Waals surface area contributed by atoms with Crippen LogP contribution in [0.5, 0.6) is 5.75 Å². The van der Waals surface area contributed by atoms with Gasteiger partial charge in [-0.05, 0) is 25.1 Å². The van der Waals surface area contributed by atoms with Gasteiger partial charge in [0.05, 0.1) is 12.8 Å². The molecule has 0 spiro atoms. The first-order chi connectivity index (χ1) is 8.52. The van der Waals surface area contributed by atoms with Crippen LogP contribution in [0.3, 0.4) is 0 Å². The molecule has 1 heterocycles. The highest BCUT2D eigenvalue weighted by atomic mass is 16.6. The first-order valence-electron chi connectivity index (χ1n) is 5.23. The molecule has 1 atom stereocenters. The zero-order valence-electron chi connectivity index (χ0n) is 9.85. The normalized spacial score (nSPS) is 17.2. The van der Waals surface area contributed by atoms with Gasteiger partial charge in [0.2, 0.25) is 0 Å². The number of hydrogen-bond acceptors (Lipinski definition) is 5. The number of methoxy groups -OCH3 is 1. The fourth-order valence-corrected chi connectivity index (χ4v) is 1.59. The van der Waals surface area contributed by atoms with Gasteiger partial charge in [-0.25, -0.2) is 4.79 Å². The summed E-state index contributed by atoms with van der Waals surface area (Å²) in [6.45, 7) is 1.42. The molecule has 1 aromatic rings. The lowest BCUT2D eigenvalue weighted by atomic mass is 10.1. The van der Waals surface area contributed by atoms with Crippen molar-refractivity contribution in [1.29, 1.82) is 0 Å². The van der Waals surface area contributed by atoms with Crippen molar-refractivity contribution in [2.24, 2.45) is 0 Å². The maximum Gasteiger partial charge on any atom is 0.357 e. The molecular weight excluding hydrogens is 238 g/mol. The predicted molar refractivity (Wildman–Crippen MR) is 61.5 cm³/mol. The summed E-state index contributed by atoms with van der Waals surface area (Å²) in [6.07, 6.45) is -1.31. The highest BCUT2D eigenvalue weighted by molar-refractivity contribution is 6.10. The largest absolute Gasteiger partial charge is 0.466 e. The van der Waals surface area contributed by atoms with E-state index in [-0.39, 0.29) is 5.78 Å². The molecule has 6 nitrogen and oxygen atoms in total. The number of Topliss-reactive ketones (excluding diaryl/α,β-unsaturated/α-hetero) is 1. The van der Waals surface area contributed by atoms with Crippen LogP contribution >= 0.6 is 0 Å². The van der Waals surface area contributed by atoms with E-state index in [0.717, 1.165) is 0 Å². The third kappa shape index (κ3) is 2.04. The highest BCUT2D eigenvalue weighted by Crippen LogP contribution is 2.30. The van der Waals surface area contributed by atoms with E-state index in [2.05, 4.69) is 10.1 Å². The number of ether oxygens (including phenoxy) is 2. The number of rotatable bonds is 2. The van der Waals surface area contributed by atoms with E-state index in [9.17, 15) is 14.4 Å². The monoisotopic (exact) mass is 249 g/mol. The second-order valence-electron chi connectivity index (χ2n) is 3.78. The van der Waals surface area contributed by atoms with Crippen molar-refractivity contribution in [1.82, 2.24) is 0 Å². The summed E-state index contributed by atoms with van der Waals surface area (Å²) in [5.74, 6) is -1.18. The minimum Gasteiger partial charge on any atom is -0.466 e. The Morgan fingerprint density at radius 3 is 2.72 bits per heavy atom. The van der Waals surface area contributed by atoms with Gasteiger partial charge in [0.15, 0.2) is 5.78 Å². The molecule has 0 saturated carbocycles. The zero-order valence-corrected chi connectivity index (χ0v) is 9.85. The van der Waals surface area contributed by atoms with Crippen molar-refractivity contribution in [2.75, 3.05) is 12.4 Å². The number of ketones is 1. The van der Waals surface area contributed by atoms with Crippen LogP contribution in [0.2, 0.25) is 0 Å². The SMILES string of the molecule is COC(=O)[C@@H]1Oc2ccc(C(C)=O)cc2NC1=O. The van der Waals surface area contributed by atoms with Crippen molar-refractivity contribution in [3.8, 4) is 5.75 Å². The lowest BCUT2D eigenvalue weighted by molar-refractivity contribution is -0.152. The second kappa shape index (κ2) is 4.48. The van der Waals surface area contributed by atoms with Gasteiger partial charge in [-0.15, -0.1) is 0 Å². The van der Waals surface area contributed by atoms with Gasteiger partial charge in [-0.2, -0.15) is 0 Å². The number of amides is 1. The number of carbonyl (C=O) groups is 3. The Bertz CT molecular complexity index is 537. The average Bonchev–Trinajstić information content (AvgIpc) is 2.36. The fraction of sp³-hybridized carbons (Fsp3) is 0.250. The molecule has 0 unspecified atom stereocenters. The molecule has 0 fully saturated rings. The molecule has 0 saturated heterocycles. The van der Waals surface area contributed by atoms with Gasteiger partial charge in [-0.1, -0.05) is 0 Å². The molecule has 0 aromatic heterocycles. The Morgan fingerprint density at radius 1 is 1.39 bits per heavy atom. The molecule has 1 amide bonds. The first kappa shape index (κ1) is 12.1. The molecule has 6 heteroatoms. The Morgan fingerprint density at radius 2 is 2.11 bits per heavy atom. The third-order valence-corrected chi connectivity index (χ3v) is 2.54. The molecule has 94 valence electrons. The van der Waals surface area contributed by atoms with Crippen molar-refractivity contribution in [2.45, 2.75) is 13.0 Å². The van der Waals surface area contributed by atoms with Gasteiger partial charge < -0.3 is 14.8 Å². The Hall–Kier alpha value is -2.37. The fourth-order valence-electron chi connectivity index (χ4n) is 1.59. The molecule has 1 aliphatic rings. The van der Waals surface area contributed by atoms with E-state index in [1.165, 1.54) is 26.2 Å². The number of hydrogen-bond donors (Lipinski definition) is 1. The third-order valence-electron chi connectivity index (χ3n) is 2.54. The highest BCUT2D eigenvalue weighted by Gasteiger charge is 2.34. The predicted octanol–water partition coefficient (Wildman–Crippen LogP) is 0.762. The molecular formula is C12H11NO5. The van der Waals surface area contributed by atoms with Crippen LogP contribution in [0.1, 0.15) is 17.3 Å². The van der Waals surface area contributed by atoms with E-state index in [0.29, 0.717) is 17.0 Å². The number of nitrogens with one attached hydrogen (secondary N) is 1. The van der Waals surface area contributed by atoms with Crippen LogP contribution in [0.25, 0.3) is 0 Å². The summed E-state index contributed by atoms with van der Waals surface area (Å²) in [4.78, 5) is 34.1. The summed E-state index contributed by atoms with van der Waals surface area (Å²) >= 11 is 0. The molecule has 0 aliphatic carbocycles. The van der Waals surface area contributed by atoms with Crippen LogP contribution in [-0.4, -0.2) is 30.9 Å². The van der Waals surface area contributed by atoms with Gasteiger partial charge in [0, 0.05) is 5.56 Å². The Labute approximate surface area is 103 Å². The lowest BCUT2D eigenvalue weighted by Gasteiger charge is -2.24. The zero-order chi connectivity index (χ0) is 13.3. The number of carbonyl (C=O) groups excluding carboxylic acids is 3. The van der Waals surface area contributed by atoms with Gasteiger partial charge >= 0.3 is 5.97 Å². The smallest absolute Gasteiger partial charge is 0.357 e. The minimum absolute atomic E-state index is 0.123. The molecule has 0 radical (unpaired) electrons. The lowest BCUT2D eigenvalue weighted by Crippen LogP contribution is -2.43. The van der Waals surface area contributed by atoms with E-state index in [4.69, 9.17) is 4.74 Å². The van der Waals surface area contributed by atoms with Crippen LogP contribution in [0.15, 0.2) is 18.2 Å². The van der Waals surface area contributed by atoms with Crippen LogP contribution in [0.4, 0.5) is 5.69 Å². The molecule has 1 aromatic carbocycles. The maximum atomic E-state index is 11.6. The van der Waals surface area contributed by atoms with Gasteiger partial charge in [-0.3, -0.25) is 9.59 Å². The molecule has 0 bridgehead atoms. The van der Waals surface area contributed by atoms with E-state index < -0.39 is 18.0 Å². The topological polar surface area (TPSA) is 81.7 Å². The van der Waals surface area contributed by atoms with E-state index in [1.807, 2.05) is 0 Å². The molecule has 1 N–H and O–H groups in total. The summed E-state index contributed by atoms with van der Waals surface area (Å²) in [6, 6.07) is 4.59. The minimum atomic E-state index is -1.31. The van der Waals surface area contributed by atoms with Gasteiger partial charge in [0.25, 0.3) is 12.0 Å². The van der Waals surface area contributed by atoms with Crippen LogP contribution in [-0.2, 0) is 14.3 Å².